The SMILES string of the molecule is COc1c2cc(-c3ccccc3)cc1Cc1cc(S(=O)(=O)O)cc(c1O)Cc1cc(S(=O)(=O)O)cc(c1O)Cc1cc(-c3ccccc3)cc(c1O)C2. The van der Waals surface area contributed by atoms with Gasteiger partial charge in [-0.3, -0.25) is 9.11 Å². The molecule has 0 aromatic heterocycles. The van der Waals surface area contributed by atoms with E-state index in [0.29, 0.717) is 28.0 Å². The van der Waals surface area contributed by atoms with Crippen LogP contribution < -0.4 is 4.74 Å². The Morgan fingerprint density at radius 1 is 0.434 bits per heavy atom. The lowest BCUT2D eigenvalue weighted by molar-refractivity contribution is 0.405. The fourth-order valence-electron chi connectivity index (χ4n) is 7.02. The molecule has 0 amide bonds. The smallest absolute Gasteiger partial charge is 0.294 e. The zero-order valence-electron chi connectivity index (χ0n) is 28.3. The quantitative estimate of drug-likeness (QED) is 0.112. The molecular formula is C41H34O10S2. The van der Waals surface area contributed by atoms with Crippen LogP contribution in [0.3, 0.4) is 0 Å². The van der Waals surface area contributed by atoms with Gasteiger partial charge in [0.2, 0.25) is 0 Å². The van der Waals surface area contributed by atoms with Crippen molar-refractivity contribution in [1.82, 2.24) is 0 Å². The average Bonchev–Trinajstić information content (AvgIpc) is 3.12. The van der Waals surface area contributed by atoms with Gasteiger partial charge in [0.1, 0.15) is 23.0 Å². The van der Waals surface area contributed by atoms with Gasteiger partial charge in [0.05, 0.1) is 16.9 Å². The van der Waals surface area contributed by atoms with Gasteiger partial charge in [-0.25, -0.2) is 0 Å². The lowest BCUT2D eigenvalue weighted by Crippen LogP contribution is -2.07. The first-order chi connectivity index (χ1) is 25.2. The summed E-state index contributed by atoms with van der Waals surface area (Å²) in [5, 5.41) is 35.2. The van der Waals surface area contributed by atoms with E-state index >= 15 is 0 Å². The number of ether oxygens (including phenoxy) is 1. The van der Waals surface area contributed by atoms with Crippen LogP contribution in [0.15, 0.2) is 119 Å². The Kier molecular flexibility index (Phi) is 9.25. The zero-order chi connectivity index (χ0) is 37.7. The Balaban J connectivity index is 1.57. The molecule has 0 radical (unpaired) electrons. The van der Waals surface area contributed by atoms with Crippen LogP contribution in [0, 0.1) is 0 Å². The molecule has 0 atom stereocenters. The minimum atomic E-state index is -4.83. The number of aromatic hydroxyl groups is 3. The summed E-state index contributed by atoms with van der Waals surface area (Å²) in [5.74, 6) is -0.411. The summed E-state index contributed by atoms with van der Waals surface area (Å²) < 4.78 is 76.3. The molecule has 0 unspecified atom stereocenters. The molecule has 0 aliphatic heterocycles. The van der Waals surface area contributed by atoms with Gasteiger partial charge in [-0.15, -0.1) is 0 Å². The van der Waals surface area contributed by atoms with Crippen molar-refractivity contribution in [3.05, 3.63) is 154 Å². The van der Waals surface area contributed by atoms with Crippen LogP contribution in [0.2, 0.25) is 0 Å². The molecule has 8 bridgehead atoms. The lowest BCUT2D eigenvalue weighted by Gasteiger charge is -2.21. The topological polar surface area (TPSA) is 179 Å². The highest BCUT2D eigenvalue weighted by Gasteiger charge is 2.25. The number of phenolic OH excluding ortho intramolecular Hbond substituents is 3. The van der Waals surface area contributed by atoms with E-state index in [1.54, 1.807) is 6.07 Å². The van der Waals surface area contributed by atoms with Gasteiger partial charge in [0.15, 0.2) is 0 Å². The molecule has 0 fully saturated rings. The standard InChI is InChI=1S/C41H34O10S2/c1-51-41-34-14-27(25-10-6-3-7-11-25)15-35(41)19-33-23-37(53(48,49)50)22-32(40(33)44)17-31-21-36(52(45,46)47)20-30(39(31)43)16-28-12-26(13-29(18-34)38(28)42)24-8-4-2-5-9-24/h2-15,20-23,42-44H,16-19H2,1H3,(H,45,46,47)(H,48,49,50). The summed E-state index contributed by atoms with van der Waals surface area (Å²) in [7, 11) is -8.14. The van der Waals surface area contributed by atoms with Gasteiger partial charge in [-0.1, -0.05) is 60.7 Å². The average molecular weight is 751 g/mol. The maximum atomic E-state index is 12.5. The van der Waals surface area contributed by atoms with Crippen molar-refractivity contribution in [3.8, 4) is 45.3 Å². The molecule has 7 rings (SSSR count). The van der Waals surface area contributed by atoms with Crippen LogP contribution >= 0.6 is 0 Å². The van der Waals surface area contributed by atoms with Crippen molar-refractivity contribution < 1.29 is 46.0 Å². The van der Waals surface area contributed by atoms with Crippen molar-refractivity contribution in [2.45, 2.75) is 35.5 Å². The Morgan fingerprint density at radius 3 is 1.02 bits per heavy atom. The Bertz CT molecular complexity index is 2620. The molecule has 53 heavy (non-hydrogen) atoms. The summed E-state index contributed by atoms with van der Waals surface area (Å²) in [6, 6.07) is 30.7. The summed E-state index contributed by atoms with van der Waals surface area (Å²) in [4.78, 5) is -1.09. The highest BCUT2D eigenvalue weighted by Crippen LogP contribution is 2.42. The number of benzene rings is 6. The maximum Gasteiger partial charge on any atom is 0.294 e. The predicted molar refractivity (Wildman–Crippen MR) is 199 cm³/mol. The van der Waals surface area contributed by atoms with Gasteiger partial charge in [-0.05, 0) is 93.0 Å². The van der Waals surface area contributed by atoms with E-state index in [4.69, 9.17) is 4.74 Å². The lowest BCUT2D eigenvalue weighted by atomic mass is 9.88. The molecule has 0 saturated carbocycles. The molecule has 1 aliphatic carbocycles. The monoisotopic (exact) mass is 750 g/mol. The van der Waals surface area contributed by atoms with Gasteiger partial charge >= 0.3 is 0 Å². The number of methoxy groups -OCH3 is 1. The largest absolute Gasteiger partial charge is 0.507 e. The van der Waals surface area contributed by atoms with Crippen LogP contribution in [-0.4, -0.2) is 48.4 Å². The molecule has 12 heteroatoms. The second-order valence-electron chi connectivity index (χ2n) is 13.0. The second kappa shape index (κ2) is 13.7. The highest BCUT2D eigenvalue weighted by molar-refractivity contribution is 7.86. The first-order valence-electron chi connectivity index (χ1n) is 16.5. The van der Waals surface area contributed by atoms with E-state index in [1.807, 2.05) is 78.9 Å². The van der Waals surface area contributed by atoms with Crippen LogP contribution in [-0.2, 0) is 45.9 Å². The fourth-order valence-corrected chi connectivity index (χ4v) is 8.18. The molecule has 6 aromatic rings. The molecule has 0 heterocycles. The van der Waals surface area contributed by atoms with Crippen LogP contribution in [0.1, 0.15) is 44.5 Å². The zero-order valence-corrected chi connectivity index (χ0v) is 29.9. The van der Waals surface area contributed by atoms with E-state index in [2.05, 4.69) is 0 Å². The number of rotatable bonds is 5. The highest BCUT2D eigenvalue weighted by atomic mass is 32.2. The van der Waals surface area contributed by atoms with Crippen molar-refractivity contribution in [2.24, 2.45) is 0 Å². The minimum Gasteiger partial charge on any atom is -0.507 e. The number of hydrogen-bond acceptors (Lipinski definition) is 8. The van der Waals surface area contributed by atoms with Crippen molar-refractivity contribution in [1.29, 1.82) is 0 Å². The molecule has 1 aliphatic rings. The number of phenols is 3. The maximum absolute atomic E-state index is 12.5. The van der Waals surface area contributed by atoms with E-state index < -0.39 is 42.2 Å². The first kappa shape index (κ1) is 35.7. The molecule has 0 spiro atoms. The summed E-state index contributed by atoms with van der Waals surface area (Å²) >= 11 is 0. The number of hydrogen-bond donors (Lipinski definition) is 5. The second-order valence-corrected chi connectivity index (χ2v) is 15.9. The molecule has 5 N–H and O–H groups in total. The van der Waals surface area contributed by atoms with E-state index in [9.17, 15) is 41.3 Å². The van der Waals surface area contributed by atoms with Crippen LogP contribution in [0.5, 0.6) is 23.0 Å². The van der Waals surface area contributed by atoms with E-state index in [-0.39, 0.29) is 53.0 Å². The normalized spacial score (nSPS) is 13.0. The van der Waals surface area contributed by atoms with E-state index in [0.717, 1.165) is 46.5 Å². The third-order valence-corrected chi connectivity index (χ3v) is 11.2. The van der Waals surface area contributed by atoms with Crippen LogP contribution in [0.4, 0.5) is 0 Å². The molecule has 0 saturated heterocycles. The Hall–Kier alpha value is -5.66. The minimum absolute atomic E-state index is 0.0327. The molecule has 270 valence electrons. The van der Waals surface area contributed by atoms with E-state index in [1.165, 1.54) is 7.11 Å². The van der Waals surface area contributed by atoms with Gasteiger partial charge in [0, 0.05) is 47.9 Å². The number of fused-ring (bicyclic) bond motifs is 8. The van der Waals surface area contributed by atoms with Gasteiger partial charge in [-0.2, -0.15) is 16.8 Å². The third kappa shape index (κ3) is 7.22. The van der Waals surface area contributed by atoms with Crippen molar-refractivity contribution in [3.63, 3.8) is 0 Å². The fraction of sp³-hybridized carbons (Fsp3) is 0.122. The predicted octanol–water partition coefficient (Wildman–Crippen LogP) is 7.32. The van der Waals surface area contributed by atoms with Crippen molar-refractivity contribution >= 4 is 20.2 Å². The summed E-state index contributed by atoms with van der Waals surface area (Å²) in [5.41, 5.74) is 5.32. The third-order valence-electron chi connectivity index (χ3n) is 9.53. The molecular weight excluding hydrogens is 717 g/mol. The van der Waals surface area contributed by atoms with Gasteiger partial charge < -0.3 is 20.1 Å². The van der Waals surface area contributed by atoms with Crippen LogP contribution in [0.25, 0.3) is 22.3 Å². The molecule has 6 aromatic carbocycles. The molecule has 10 nitrogen and oxygen atoms in total. The summed E-state index contributed by atoms with van der Waals surface area (Å²) in [6.07, 6.45) is -0.530. The van der Waals surface area contributed by atoms with Gasteiger partial charge in [0.25, 0.3) is 20.2 Å². The van der Waals surface area contributed by atoms with Crippen molar-refractivity contribution in [2.75, 3.05) is 7.11 Å². The Labute approximate surface area is 306 Å². The Morgan fingerprint density at radius 2 is 0.717 bits per heavy atom. The first-order valence-corrected chi connectivity index (χ1v) is 19.4. The summed E-state index contributed by atoms with van der Waals surface area (Å²) in [6.45, 7) is 0.